The minimum Gasteiger partial charge on any atom is -0.324 e. The summed E-state index contributed by atoms with van der Waals surface area (Å²) < 4.78 is 13.1. The van der Waals surface area contributed by atoms with Gasteiger partial charge in [-0.25, -0.2) is 4.39 Å². The van der Waals surface area contributed by atoms with E-state index in [-0.39, 0.29) is 17.3 Å². The fraction of sp³-hybridized carbons (Fsp3) is 0.0714. The number of nitrogens with one attached hydrogen (secondary N) is 2. The largest absolute Gasteiger partial charge is 0.324 e. The van der Waals surface area contributed by atoms with E-state index in [9.17, 15) is 9.18 Å². The first-order chi connectivity index (χ1) is 10.2. The lowest BCUT2D eigenvalue weighted by atomic mass is 10.3. The van der Waals surface area contributed by atoms with Crippen molar-refractivity contribution in [2.45, 2.75) is 6.42 Å². The lowest BCUT2D eigenvalue weighted by Crippen LogP contribution is -2.18. The number of anilines is 2. The second-order valence-electron chi connectivity index (χ2n) is 4.34. The number of hydrogen-bond acceptors (Lipinski definition) is 5. The van der Waals surface area contributed by atoms with Gasteiger partial charge in [0, 0.05) is 17.0 Å². The van der Waals surface area contributed by atoms with E-state index in [1.54, 1.807) is 23.5 Å². The van der Waals surface area contributed by atoms with Gasteiger partial charge in [-0.15, -0.1) is 21.5 Å². The summed E-state index contributed by atoms with van der Waals surface area (Å²) in [5.74, 6) is -0.190. The molecule has 0 spiro atoms. The van der Waals surface area contributed by atoms with Gasteiger partial charge in [0.15, 0.2) is 0 Å². The van der Waals surface area contributed by atoms with Crippen LogP contribution in [0.1, 0.15) is 10.6 Å². The number of H-pyrrole nitrogens is 1. The number of halogens is 1. The third kappa shape index (κ3) is 3.32. The van der Waals surface area contributed by atoms with E-state index in [0.717, 1.165) is 4.88 Å². The average molecular weight is 302 g/mol. The van der Waals surface area contributed by atoms with Gasteiger partial charge in [0.05, 0.1) is 0 Å². The molecule has 0 fully saturated rings. The molecule has 1 aromatic carbocycles. The van der Waals surface area contributed by atoms with E-state index in [1.165, 1.54) is 12.1 Å². The minimum absolute atomic E-state index is 0.181. The van der Waals surface area contributed by atoms with Crippen LogP contribution in [0.5, 0.6) is 0 Å². The molecule has 0 aliphatic rings. The molecule has 0 saturated heterocycles. The topological polar surface area (TPSA) is 70.7 Å². The van der Waals surface area contributed by atoms with Crippen molar-refractivity contribution >= 4 is 23.0 Å². The Kier molecular flexibility index (Phi) is 3.74. The van der Waals surface area contributed by atoms with Crippen LogP contribution in [0.15, 0.2) is 46.6 Å². The van der Waals surface area contributed by atoms with Crippen molar-refractivity contribution in [3.63, 3.8) is 0 Å². The van der Waals surface area contributed by atoms with Crippen molar-refractivity contribution in [3.05, 3.63) is 68.5 Å². The number of aromatic nitrogens is 3. The van der Waals surface area contributed by atoms with Gasteiger partial charge in [-0.05, 0) is 29.6 Å². The number of benzene rings is 1. The van der Waals surface area contributed by atoms with Crippen molar-refractivity contribution in [1.82, 2.24) is 15.2 Å². The van der Waals surface area contributed by atoms with Crippen LogP contribution in [0.25, 0.3) is 0 Å². The molecule has 5 nitrogen and oxygen atoms in total. The van der Waals surface area contributed by atoms with Gasteiger partial charge in [-0.3, -0.25) is 9.78 Å². The molecular weight excluding hydrogens is 291 g/mol. The van der Waals surface area contributed by atoms with Crippen molar-refractivity contribution in [1.29, 1.82) is 0 Å². The predicted octanol–water partition coefficient (Wildman–Crippen LogP) is 2.70. The summed E-state index contributed by atoms with van der Waals surface area (Å²) in [5.41, 5.74) is 0.533. The lowest BCUT2D eigenvalue weighted by Gasteiger charge is -2.05. The average Bonchev–Trinajstić information content (AvgIpc) is 2.95. The van der Waals surface area contributed by atoms with Crippen LogP contribution in [-0.2, 0) is 6.42 Å². The van der Waals surface area contributed by atoms with Crippen LogP contribution < -0.4 is 10.9 Å². The number of rotatable bonds is 4. The molecule has 7 heteroatoms. The van der Waals surface area contributed by atoms with E-state index in [2.05, 4.69) is 20.5 Å². The number of thiophene rings is 1. The molecule has 3 aromatic rings. The van der Waals surface area contributed by atoms with Crippen LogP contribution in [0.2, 0.25) is 0 Å². The molecule has 106 valence electrons. The SMILES string of the molecule is O=c1[nH]c(Nc2cccc(F)c2)nnc1Cc1cccs1. The van der Waals surface area contributed by atoms with E-state index < -0.39 is 0 Å². The van der Waals surface area contributed by atoms with Crippen LogP contribution in [0, 0.1) is 5.82 Å². The standard InChI is InChI=1S/C14H11FN4OS/c15-9-3-1-4-10(7-9)16-14-17-13(20)12(18-19-14)8-11-5-2-6-21-11/h1-7H,8H2,(H2,16,17,19,20). The molecule has 0 aliphatic carbocycles. The molecule has 0 atom stereocenters. The highest BCUT2D eigenvalue weighted by Crippen LogP contribution is 2.14. The fourth-order valence-corrected chi connectivity index (χ4v) is 2.52. The molecule has 0 radical (unpaired) electrons. The molecule has 21 heavy (non-hydrogen) atoms. The van der Waals surface area contributed by atoms with Crippen LogP contribution in [0.3, 0.4) is 0 Å². The number of nitrogens with zero attached hydrogens (tertiary/aromatic N) is 2. The second-order valence-corrected chi connectivity index (χ2v) is 5.37. The minimum atomic E-state index is -0.371. The zero-order valence-electron chi connectivity index (χ0n) is 10.8. The first kappa shape index (κ1) is 13.4. The third-order valence-electron chi connectivity index (χ3n) is 2.77. The second kappa shape index (κ2) is 5.84. The molecule has 0 bridgehead atoms. The Labute approximate surface area is 123 Å². The molecule has 0 aliphatic heterocycles. The molecular formula is C14H11FN4OS. The Morgan fingerprint density at radius 3 is 2.86 bits per heavy atom. The molecule has 0 saturated carbocycles. The third-order valence-corrected chi connectivity index (χ3v) is 3.65. The maximum atomic E-state index is 13.1. The van der Waals surface area contributed by atoms with Crippen molar-refractivity contribution < 1.29 is 4.39 Å². The van der Waals surface area contributed by atoms with Gasteiger partial charge in [-0.2, -0.15) is 0 Å². The van der Waals surface area contributed by atoms with Crippen LogP contribution >= 0.6 is 11.3 Å². The summed E-state index contributed by atoms with van der Waals surface area (Å²) in [4.78, 5) is 15.6. The van der Waals surface area contributed by atoms with E-state index >= 15 is 0 Å². The Hall–Kier alpha value is -2.54. The summed E-state index contributed by atoms with van der Waals surface area (Å²) in [6.07, 6.45) is 0.445. The van der Waals surface area contributed by atoms with Crippen molar-refractivity contribution in [3.8, 4) is 0 Å². The monoisotopic (exact) mass is 302 g/mol. The van der Waals surface area contributed by atoms with Crippen molar-refractivity contribution in [2.24, 2.45) is 0 Å². The van der Waals surface area contributed by atoms with E-state index in [4.69, 9.17) is 0 Å². The Balaban J connectivity index is 1.79. The van der Waals surface area contributed by atoms with E-state index in [0.29, 0.717) is 17.8 Å². The Bertz CT molecular complexity index is 801. The van der Waals surface area contributed by atoms with Crippen LogP contribution in [0.4, 0.5) is 16.0 Å². The quantitative estimate of drug-likeness (QED) is 0.777. The highest BCUT2D eigenvalue weighted by Gasteiger charge is 2.07. The van der Waals surface area contributed by atoms with Gasteiger partial charge in [0.2, 0.25) is 5.95 Å². The molecule has 2 aromatic heterocycles. The summed E-state index contributed by atoms with van der Waals surface area (Å²) in [6, 6.07) is 9.73. The summed E-state index contributed by atoms with van der Waals surface area (Å²) in [5, 5.41) is 12.6. The highest BCUT2D eigenvalue weighted by atomic mass is 32.1. The molecule has 2 N–H and O–H groups in total. The summed E-state index contributed by atoms with van der Waals surface area (Å²) in [7, 11) is 0. The molecule has 2 heterocycles. The van der Waals surface area contributed by atoms with Gasteiger partial charge in [0.1, 0.15) is 11.5 Å². The van der Waals surface area contributed by atoms with Gasteiger partial charge < -0.3 is 5.32 Å². The van der Waals surface area contributed by atoms with E-state index in [1.807, 2.05) is 17.5 Å². The number of aromatic amines is 1. The molecule has 0 amide bonds. The fourth-order valence-electron chi connectivity index (χ4n) is 1.81. The van der Waals surface area contributed by atoms with Crippen molar-refractivity contribution in [2.75, 3.05) is 5.32 Å². The zero-order valence-corrected chi connectivity index (χ0v) is 11.7. The maximum Gasteiger partial charge on any atom is 0.274 e. The van der Waals surface area contributed by atoms with Gasteiger partial charge in [-0.1, -0.05) is 12.1 Å². The van der Waals surface area contributed by atoms with Crippen LogP contribution in [-0.4, -0.2) is 15.2 Å². The highest BCUT2D eigenvalue weighted by molar-refractivity contribution is 7.09. The molecule has 0 unspecified atom stereocenters. The predicted molar refractivity (Wildman–Crippen MR) is 79.5 cm³/mol. The first-order valence-corrected chi connectivity index (χ1v) is 7.09. The van der Waals surface area contributed by atoms with Gasteiger partial charge in [0.25, 0.3) is 5.56 Å². The molecule has 3 rings (SSSR count). The normalized spacial score (nSPS) is 10.5. The summed E-state index contributed by atoms with van der Waals surface area (Å²) >= 11 is 1.56. The Morgan fingerprint density at radius 1 is 1.24 bits per heavy atom. The number of hydrogen-bond donors (Lipinski definition) is 2. The zero-order chi connectivity index (χ0) is 14.7. The smallest absolute Gasteiger partial charge is 0.274 e. The maximum absolute atomic E-state index is 13.1. The lowest BCUT2D eigenvalue weighted by molar-refractivity contribution is 0.628. The summed E-state index contributed by atoms with van der Waals surface area (Å²) in [6.45, 7) is 0. The Morgan fingerprint density at radius 2 is 2.14 bits per heavy atom. The van der Waals surface area contributed by atoms with Gasteiger partial charge >= 0.3 is 0 Å². The first-order valence-electron chi connectivity index (χ1n) is 6.21.